The third-order valence-corrected chi connectivity index (χ3v) is 6.25. The first-order valence-corrected chi connectivity index (χ1v) is 10.4. The molecule has 2 aliphatic heterocycles. The van der Waals surface area contributed by atoms with Gasteiger partial charge >= 0.3 is 0 Å². The van der Waals surface area contributed by atoms with E-state index in [-0.39, 0.29) is 24.0 Å². The second kappa shape index (κ2) is 10.4. The van der Waals surface area contributed by atoms with Crippen LogP contribution >= 0.6 is 24.0 Å². The Hall–Kier alpha value is -1.60. The van der Waals surface area contributed by atoms with Crippen LogP contribution < -0.4 is 5.32 Å². The summed E-state index contributed by atoms with van der Waals surface area (Å²) < 4.78 is 5.67. The molecule has 1 unspecified atom stereocenters. The van der Waals surface area contributed by atoms with Crippen molar-refractivity contribution in [1.29, 1.82) is 0 Å². The van der Waals surface area contributed by atoms with Gasteiger partial charge in [0.15, 0.2) is 5.96 Å². The molecule has 0 saturated carbocycles. The van der Waals surface area contributed by atoms with Crippen molar-refractivity contribution in [2.75, 3.05) is 39.9 Å². The molecule has 0 aromatic heterocycles. The fraction of sp³-hybridized carbons (Fsp3) is 0.458. The molecular weight excluding hydrogens is 473 g/mol. The van der Waals surface area contributed by atoms with E-state index in [9.17, 15) is 0 Å². The molecule has 156 valence electrons. The molecule has 4 rings (SSSR count). The van der Waals surface area contributed by atoms with Gasteiger partial charge in [0.2, 0.25) is 0 Å². The van der Waals surface area contributed by atoms with Crippen LogP contribution in [0.1, 0.15) is 36.3 Å². The number of guanidine groups is 1. The number of halogens is 1. The molecule has 2 heterocycles. The van der Waals surface area contributed by atoms with Crippen LogP contribution in [0.5, 0.6) is 0 Å². The van der Waals surface area contributed by atoms with Crippen LogP contribution in [0.3, 0.4) is 0 Å². The van der Waals surface area contributed by atoms with Crippen molar-refractivity contribution in [2.24, 2.45) is 10.4 Å². The molecule has 2 saturated heterocycles. The number of rotatable bonds is 5. The minimum Gasteiger partial charge on any atom is -0.381 e. The second-order valence-electron chi connectivity index (χ2n) is 8.11. The van der Waals surface area contributed by atoms with Crippen molar-refractivity contribution in [3.05, 3.63) is 71.8 Å². The molecule has 1 N–H and O–H groups in total. The van der Waals surface area contributed by atoms with E-state index in [0.717, 1.165) is 45.2 Å². The van der Waals surface area contributed by atoms with Crippen LogP contribution in [0.2, 0.25) is 0 Å². The Labute approximate surface area is 191 Å². The average Bonchev–Trinajstić information content (AvgIpc) is 3.39. The highest BCUT2D eigenvalue weighted by Crippen LogP contribution is 2.38. The average molecular weight is 505 g/mol. The summed E-state index contributed by atoms with van der Waals surface area (Å²) >= 11 is 0. The zero-order chi connectivity index (χ0) is 19.2. The van der Waals surface area contributed by atoms with E-state index in [1.807, 2.05) is 7.05 Å². The Morgan fingerprint density at radius 3 is 2.28 bits per heavy atom. The Bertz CT molecular complexity index is 736. The van der Waals surface area contributed by atoms with E-state index < -0.39 is 0 Å². The second-order valence-corrected chi connectivity index (χ2v) is 8.11. The lowest BCUT2D eigenvalue weighted by molar-refractivity contribution is 0.156. The summed E-state index contributed by atoms with van der Waals surface area (Å²) in [6.45, 7) is 4.86. The van der Waals surface area contributed by atoms with Crippen LogP contribution in [0.4, 0.5) is 0 Å². The fourth-order valence-electron chi connectivity index (χ4n) is 4.64. The number of benzene rings is 2. The van der Waals surface area contributed by atoms with Crippen molar-refractivity contribution in [3.63, 3.8) is 0 Å². The van der Waals surface area contributed by atoms with Crippen molar-refractivity contribution in [1.82, 2.24) is 10.2 Å². The molecule has 2 aliphatic rings. The first-order valence-electron chi connectivity index (χ1n) is 10.4. The zero-order valence-electron chi connectivity index (χ0n) is 17.2. The molecule has 4 nitrogen and oxygen atoms in total. The van der Waals surface area contributed by atoms with E-state index in [1.165, 1.54) is 24.0 Å². The summed E-state index contributed by atoms with van der Waals surface area (Å²) in [6, 6.07) is 21.6. The van der Waals surface area contributed by atoms with E-state index in [4.69, 9.17) is 4.74 Å². The maximum Gasteiger partial charge on any atom is 0.193 e. The summed E-state index contributed by atoms with van der Waals surface area (Å²) in [4.78, 5) is 6.97. The molecule has 2 aromatic carbocycles. The van der Waals surface area contributed by atoms with Gasteiger partial charge in [-0.15, -0.1) is 24.0 Å². The SMILES string of the molecule is CN=C(NCCC(c1ccccc1)c1ccccc1)N1CCC2(CCOC2)C1.I. The minimum atomic E-state index is 0. The van der Waals surface area contributed by atoms with E-state index in [0.29, 0.717) is 11.3 Å². The quantitative estimate of drug-likeness (QED) is 0.369. The van der Waals surface area contributed by atoms with Crippen LogP contribution in [0.15, 0.2) is 65.7 Å². The van der Waals surface area contributed by atoms with E-state index in [1.54, 1.807) is 0 Å². The summed E-state index contributed by atoms with van der Waals surface area (Å²) in [5, 5.41) is 3.62. The summed E-state index contributed by atoms with van der Waals surface area (Å²) in [7, 11) is 1.89. The van der Waals surface area contributed by atoms with Crippen molar-refractivity contribution >= 4 is 29.9 Å². The van der Waals surface area contributed by atoms with Gasteiger partial charge in [0, 0.05) is 44.6 Å². The topological polar surface area (TPSA) is 36.9 Å². The van der Waals surface area contributed by atoms with Gasteiger partial charge in [-0.1, -0.05) is 60.7 Å². The normalized spacial score (nSPS) is 21.6. The number of hydrogen-bond donors (Lipinski definition) is 1. The number of hydrogen-bond acceptors (Lipinski definition) is 2. The Kier molecular flexibility index (Phi) is 7.95. The molecule has 1 spiro atoms. The lowest BCUT2D eigenvalue weighted by Gasteiger charge is -2.26. The predicted molar refractivity (Wildman–Crippen MR) is 130 cm³/mol. The highest BCUT2D eigenvalue weighted by Gasteiger charge is 2.42. The number of likely N-dealkylation sites (tertiary alicyclic amines) is 1. The van der Waals surface area contributed by atoms with Crippen LogP contribution in [-0.2, 0) is 4.74 Å². The summed E-state index contributed by atoms with van der Waals surface area (Å²) in [6.07, 6.45) is 3.43. The van der Waals surface area contributed by atoms with Gasteiger partial charge in [0.05, 0.1) is 6.61 Å². The molecule has 5 heteroatoms. The molecule has 0 bridgehead atoms. The Balaban J connectivity index is 0.00000240. The smallest absolute Gasteiger partial charge is 0.193 e. The van der Waals surface area contributed by atoms with Gasteiger partial charge in [-0.25, -0.2) is 0 Å². The lowest BCUT2D eigenvalue weighted by atomic mass is 9.87. The maximum atomic E-state index is 5.67. The van der Waals surface area contributed by atoms with Gasteiger partial charge in [0.1, 0.15) is 0 Å². The standard InChI is InChI=1S/C24H31N3O.HI/c1-25-23(27-16-13-24(18-27)14-17-28-19-24)26-15-12-22(20-8-4-2-5-9-20)21-10-6-3-7-11-21;/h2-11,22H,12-19H2,1H3,(H,25,26);1H. The predicted octanol–water partition coefficient (Wildman–Crippen LogP) is 4.51. The summed E-state index contributed by atoms with van der Waals surface area (Å²) in [5.41, 5.74) is 3.09. The number of nitrogens with zero attached hydrogens (tertiary/aromatic N) is 2. The highest BCUT2D eigenvalue weighted by molar-refractivity contribution is 14.0. The van der Waals surface area contributed by atoms with Crippen molar-refractivity contribution < 1.29 is 4.74 Å². The Morgan fingerprint density at radius 1 is 1.07 bits per heavy atom. The minimum absolute atomic E-state index is 0. The molecule has 0 amide bonds. The number of ether oxygens (including phenoxy) is 1. The fourth-order valence-corrected chi connectivity index (χ4v) is 4.64. The Morgan fingerprint density at radius 2 is 1.72 bits per heavy atom. The van der Waals surface area contributed by atoms with Crippen LogP contribution in [0, 0.1) is 5.41 Å². The van der Waals surface area contributed by atoms with Gasteiger partial charge in [0.25, 0.3) is 0 Å². The van der Waals surface area contributed by atoms with E-state index >= 15 is 0 Å². The van der Waals surface area contributed by atoms with Crippen LogP contribution in [-0.4, -0.2) is 50.8 Å². The molecule has 2 fully saturated rings. The molecule has 1 atom stereocenters. The van der Waals surface area contributed by atoms with Gasteiger partial charge in [-0.3, -0.25) is 4.99 Å². The first-order chi connectivity index (χ1) is 13.8. The van der Waals surface area contributed by atoms with Crippen molar-refractivity contribution in [3.8, 4) is 0 Å². The van der Waals surface area contributed by atoms with Gasteiger partial charge in [-0.05, 0) is 30.4 Å². The van der Waals surface area contributed by atoms with Crippen molar-refractivity contribution in [2.45, 2.75) is 25.2 Å². The zero-order valence-corrected chi connectivity index (χ0v) is 19.5. The third-order valence-electron chi connectivity index (χ3n) is 6.25. The molecule has 29 heavy (non-hydrogen) atoms. The largest absolute Gasteiger partial charge is 0.381 e. The highest BCUT2D eigenvalue weighted by atomic mass is 127. The van der Waals surface area contributed by atoms with E-state index in [2.05, 4.69) is 75.9 Å². The van der Waals surface area contributed by atoms with Crippen LogP contribution in [0.25, 0.3) is 0 Å². The summed E-state index contributed by atoms with van der Waals surface area (Å²) in [5.74, 6) is 1.42. The monoisotopic (exact) mass is 505 g/mol. The first kappa shape index (κ1) is 22.1. The molecule has 0 aliphatic carbocycles. The number of nitrogens with one attached hydrogen (secondary N) is 1. The maximum absolute atomic E-state index is 5.67. The molecule has 2 aromatic rings. The van der Waals surface area contributed by atoms with Gasteiger partial charge in [-0.2, -0.15) is 0 Å². The molecular formula is C24H32IN3O. The third kappa shape index (κ3) is 5.31. The lowest BCUT2D eigenvalue weighted by Crippen LogP contribution is -2.42. The number of aliphatic imine (C=N–C) groups is 1. The molecule has 0 radical (unpaired) electrons. The van der Waals surface area contributed by atoms with Gasteiger partial charge < -0.3 is 15.0 Å².